The highest BCUT2D eigenvalue weighted by molar-refractivity contribution is 7.15. The zero-order chi connectivity index (χ0) is 23.2. The van der Waals surface area contributed by atoms with Gasteiger partial charge in [-0.2, -0.15) is 0 Å². The van der Waals surface area contributed by atoms with Gasteiger partial charge in [0.1, 0.15) is 5.75 Å². The van der Waals surface area contributed by atoms with Crippen LogP contribution in [0.3, 0.4) is 0 Å². The van der Waals surface area contributed by atoms with E-state index in [-0.39, 0.29) is 27.7 Å². The van der Waals surface area contributed by atoms with Gasteiger partial charge in [0.25, 0.3) is 11.8 Å². The molecule has 0 bridgehead atoms. The lowest BCUT2D eigenvalue weighted by Gasteiger charge is -2.34. The fourth-order valence-corrected chi connectivity index (χ4v) is 5.01. The van der Waals surface area contributed by atoms with E-state index in [1.54, 1.807) is 36.3 Å². The molecule has 4 rings (SSSR count). The highest BCUT2D eigenvalue weighted by atomic mass is 32.1. The largest absolute Gasteiger partial charge is 0.497 e. The smallest absolute Gasteiger partial charge is 0.286 e. The Hall–Kier alpha value is -3.01. The van der Waals surface area contributed by atoms with Crippen LogP contribution in [0.25, 0.3) is 0 Å². The van der Waals surface area contributed by atoms with Crippen molar-refractivity contribution < 1.29 is 19.1 Å². The number of likely N-dealkylation sites (tertiary alicyclic amines) is 2. The molecule has 2 aliphatic rings. The van der Waals surface area contributed by atoms with Gasteiger partial charge in [-0.05, 0) is 49.9 Å². The van der Waals surface area contributed by atoms with E-state index in [1.165, 1.54) is 12.8 Å². The van der Waals surface area contributed by atoms with Gasteiger partial charge < -0.3 is 19.9 Å². The molecule has 10 heteroatoms. The molecule has 1 aromatic carbocycles. The monoisotopic (exact) mass is 471 g/mol. The van der Waals surface area contributed by atoms with E-state index in [1.807, 2.05) is 4.90 Å². The van der Waals surface area contributed by atoms with Crippen LogP contribution in [0.1, 0.15) is 58.1 Å². The second kappa shape index (κ2) is 10.7. The second-order valence-corrected chi connectivity index (χ2v) is 9.40. The molecular weight excluding hydrogens is 442 g/mol. The molecule has 1 unspecified atom stereocenters. The summed E-state index contributed by atoms with van der Waals surface area (Å²) < 4.78 is 5.11. The number of nitrogens with one attached hydrogen (secondary N) is 1. The summed E-state index contributed by atoms with van der Waals surface area (Å²) in [6.45, 7) is 2.59. The van der Waals surface area contributed by atoms with Crippen molar-refractivity contribution in [3.05, 3.63) is 34.3 Å². The van der Waals surface area contributed by atoms with Gasteiger partial charge in [-0.15, -0.1) is 10.2 Å². The van der Waals surface area contributed by atoms with Gasteiger partial charge in [0.2, 0.25) is 15.9 Å². The van der Waals surface area contributed by atoms with Gasteiger partial charge in [-0.1, -0.05) is 24.2 Å². The molecule has 0 spiro atoms. The van der Waals surface area contributed by atoms with Gasteiger partial charge >= 0.3 is 0 Å². The first kappa shape index (κ1) is 23.2. The molecule has 2 saturated heterocycles. The second-order valence-electron chi connectivity index (χ2n) is 8.42. The Bertz CT molecular complexity index is 985. The number of methoxy groups -OCH3 is 1. The van der Waals surface area contributed by atoms with Crippen LogP contribution in [0, 0.1) is 5.92 Å². The first-order valence-electron chi connectivity index (χ1n) is 11.4. The molecule has 2 aromatic rings. The molecule has 176 valence electrons. The summed E-state index contributed by atoms with van der Waals surface area (Å²) in [5.41, 5.74) is 0.592. The minimum atomic E-state index is -0.426. The zero-order valence-corrected chi connectivity index (χ0v) is 19.6. The van der Waals surface area contributed by atoms with Crippen LogP contribution in [0.2, 0.25) is 0 Å². The lowest BCUT2D eigenvalue weighted by atomic mass is 9.96. The van der Waals surface area contributed by atoms with Crippen molar-refractivity contribution in [1.29, 1.82) is 0 Å². The van der Waals surface area contributed by atoms with Crippen LogP contribution in [0.4, 0.5) is 5.69 Å². The maximum absolute atomic E-state index is 13.0. The number of carbonyl (C=O) groups is 3. The lowest BCUT2D eigenvalue weighted by Crippen LogP contribution is -2.47. The first-order valence-corrected chi connectivity index (χ1v) is 12.2. The number of carbonyl (C=O) groups excluding carboxylic acids is 3. The molecule has 3 amide bonds. The van der Waals surface area contributed by atoms with Crippen molar-refractivity contribution >= 4 is 34.7 Å². The molecule has 2 aliphatic heterocycles. The normalized spacial score (nSPS) is 19.0. The average molecular weight is 472 g/mol. The third-order valence-electron chi connectivity index (χ3n) is 6.13. The molecule has 0 radical (unpaired) electrons. The molecule has 9 nitrogen and oxygen atoms in total. The summed E-state index contributed by atoms with van der Waals surface area (Å²) in [7, 11) is 1.57. The van der Waals surface area contributed by atoms with E-state index in [4.69, 9.17) is 4.74 Å². The van der Waals surface area contributed by atoms with Crippen LogP contribution in [0.5, 0.6) is 5.75 Å². The standard InChI is InChI=1S/C23H29N5O4S/c1-32-18-10-8-17(9-11-18)24-19(29)20-25-26-21(33-20)23(31)28-14-6-7-16(15-28)22(30)27-12-4-2-3-5-13-27/h8-11,16H,2-7,12-15H2,1H3,(H,24,29). The zero-order valence-electron chi connectivity index (χ0n) is 18.8. The Balaban J connectivity index is 1.36. The van der Waals surface area contributed by atoms with E-state index in [0.717, 1.165) is 50.1 Å². The van der Waals surface area contributed by atoms with Crippen molar-refractivity contribution in [1.82, 2.24) is 20.0 Å². The van der Waals surface area contributed by atoms with Crippen LogP contribution in [-0.2, 0) is 4.79 Å². The van der Waals surface area contributed by atoms with Crippen molar-refractivity contribution in [2.45, 2.75) is 38.5 Å². The molecule has 1 aromatic heterocycles. The fourth-order valence-electron chi connectivity index (χ4n) is 4.31. The highest BCUT2D eigenvalue weighted by Gasteiger charge is 2.33. The summed E-state index contributed by atoms with van der Waals surface area (Å²) in [5.74, 6) is -0.0299. The Morgan fingerprint density at radius 2 is 1.61 bits per heavy atom. The van der Waals surface area contributed by atoms with Gasteiger partial charge in [0.15, 0.2) is 0 Å². The van der Waals surface area contributed by atoms with Crippen molar-refractivity contribution in [3.63, 3.8) is 0 Å². The van der Waals surface area contributed by atoms with Crippen LogP contribution >= 0.6 is 11.3 Å². The summed E-state index contributed by atoms with van der Waals surface area (Å²) in [6.07, 6.45) is 6.01. The molecular formula is C23H29N5O4S. The SMILES string of the molecule is COc1ccc(NC(=O)c2nnc(C(=O)N3CCCC(C(=O)N4CCCCCC4)C3)s2)cc1. The summed E-state index contributed by atoms with van der Waals surface area (Å²) >= 11 is 0.965. The molecule has 1 atom stereocenters. The number of nitrogens with zero attached hydrogens (tertiary/aromatic N) is 4. The number of aromatic nitrogens is 2. The number of ether oxygens (including phenoxy) is 1. The number of piperidine rings is 1. The number of amides is 3. The Labute approximate surface area is 197 Å². The third-order valence-corrected chi connectivity index (χ3v) is 7.04. The van der Waals surface area contributed by atoms with Crippen LogP contribution in [-0.4, -0.2) is 71.0 Å². The maximum atomic E-state index is 13.0. The maximum Gasteiger partial charge on any atom is 0.286 e. The summed E-state index contributed by atoms with van der Waals surface area (Å²) in [4.78, 5) is 42.2. The third kappa shape index (κ3) is 5.68. The Morgan fingerprint density at radius 1 is 0.939 bits per heavy atom. The first-order chi connectivity index (χ1) is 16.0. The number of rotatable bonds is 5. The Kier molecular flexibility index (Phi) is 7.54. The van der Waals surface area contributed by atoms with Gasteiger partial charge in [0.05, 0.1) is 13.0 Å². The number of benzene rings is 1. The molecule has 33 heavy (non-hydrogen) atoms. The minimum Gasteiger partial charge on any atom is -0.497 e. The van der Waals surface area contributed by atoms with Gasteiger partial charge in [-0.25, -0.2) is 0 Å². The van der Waals surface area contributed by atoms with Gasteiger partial charge in [-0.3, -0.25) is 14.4 Å². The van der Waals surface area contributed by atoms with Gasteiger partial charge in [0, 0.05) is 31.9 Å². The number of hydrogen-bond acceptors (Lipinski definition) is 7. The Morgan fingerprint density at radius 3 is 2.30 bits per heavy atom. The quantitative estimate of drug-likeness (QED) is 0.719. The molecule has 0 aliphatic carbocycles. The van der Waals surface area contributed by atoms with E-state index >= 15 is 0 Å². The minimum absolute atomic E-state index is 0.114. The van der Waals surface area contributed by atoms with E-state index in [2.05, 4.69) is 15.5 Å². The van der Waals surface area contributed by atoms with Crippen molar-refractivity contribution in [2.75, 3.05) is 38.6 Å². The van der Waals surface area contributed by atoms with Crippen LogP contribution in [0.15, 0.2) is 24.3 Å². The van der Waals surface area contributed by atoms with Crippen molar-refractivity contribution in [2.24, 2.45) is 5.92 Å². The molecule has 3 heterocycles. The van der Waals surface area contributed by atoms with Crippen molar-refractivity contribution in [3.8, 4) is 5.75 Å². The average Bonchev–Trinajstić information content (AvgIpc) is 3.19. The van der Waals surface area contributed by atoms with E-state index < -0.39 is 5.91 Å². The molecule has 1 N–H and O–H groups in total. The molecule has 2 fully saturated rings. The van der Waals surface area contributed by atoms with E-state index in [0.29, 0.717) is 24.5 Å². The lowest BCUT2D eigenvalue weighted by molar-refractivity contribution is -0.136. The molecule has 0 saturated carbocycles. The van der Waals surface area contributed by atoms with E-state index in [9.17, 15) is 14.4 Å². The highest BCUT2D eigenvalue weighted by Crippen LogP contribution is 2.24. The van der Waals surface area contributed by atoms with Crippen LogP contribution < -0.4 is 10.1 Å². The summed E-state index contributed by atoms with van der Waals surface area (Å²) in [5, 5.41) is 10.9. The fraction of sp³-hybridized carbons (Fsp3) is 0.522. The number of hydrogen-bond donors (Lipinski definition) is 1. The topological polar surface area (TPSA) is 105 Å². The number of anilines is 1. The predicted molar refractivity (Wildman–Crippen MR) is 125 cm³/mol. The summed E-state index contributed by atoms with van der Waals surface area (Å²) in [6, 6.07) is 6.92. The predicted octanol–water partition coefficient (Wildman–Crippen LogP) is 3.05.